The van der Waals surface area contributed by atoms with E-state index in [1.165, 1.54) is 12.1 Å². The minimum absolute atomic E-state index is 0.192. The molecule has 1 heterocycles. The molecule has 15 heavy (non-hydrogen) atoms. The number of rotatable bonds is 2. The molecule has 1 aromatic carbocycles. The van der Waals surface area contributed by atoms with Crippen molar-refractivity contribution in [1.82, 2.24) is 0 Å². The number of nitrogens with two attached hydrogens (primary N) is 1. The van der Waals surface area contributed by atoms with Gasteiger partial charge in [-0.1, -0.05) is 24.4 Å². The van der Waals surface area contributed by atoms with Crippen LogP contribution < -0.4 is 5.73 Å². The molecule has 0 saturated heterocycles. The lowest BCUT2D eigenvalue weighted by Gasteiger charge is -1.96. The van der Waals surface area contributed by atoms with Crippen LogP contribution in [0, 0.1) is 5.82 Å². The van der Waals surface area contributed by atoms with E-state index in [0.717, 1.165) is 0 Å². The first-order valence-corrected chi connectivity index (χ1v) is 4.73. The highest BCUT2D eigenvalue weighted by molar-refractivity contribution is 7.80. The van der Waals surface area contributed by atoms with Crippen LogP contribution in [0.5, 0.6) is 0 Å². The quantitative estimate of drug-likeness (QED) is 0.792. The Balaban J connectivity index is 2.41. The van der Waals surface area contributed by atoms with Gasteiger partial charge < -0.3 is 10.2 Å². The molecule has 0 spiro atoms. The van der Waals surface area contributed by atoms with Gasteiger partial charge in [0.15, 0.2) is 5.76 Å². The molecule has 2 nitrogen and oxygen atoms in total. The zero-order chi connectivity index (χ0) is 10.8. The average molecular weight is 221 g/mol. The SMILES string of the molecule is NC(=S)c1ccc(-c2cccc(F)c2)o1. The third kappa shape index (κ3) is 2.05. The molecule has 0 saturated carbocycles. The van der Waals surface area contributed by atoms with Gasteiger partial charge >= 0.3 is 0 Å². The summed E-state index contributed by atoms with van der Waals surface area (Å²) >= 11 is 4.76. The maximum absolute atomic E-state index is 12.9. The lowest BCUT2D eigenvalue weighted by atomic mass is 10.2. The summed E-state index contributed by atoms with van der Waals surface area (Å²) in [5, 5.41) is 0. The Morgan fingerprint density at radius 2 is 2.07 bits per heavy atom. The number of hydrogen-bond acceptors (Lipinski definition) is 2. The second-order valence-corrected chi connectivity index (χ2v) is 3.48. The Bertz CT molecular complexity index is 507. The van der Waals surface area contributed by atoms with Crippen LogP contribution in [0.4, 0.5) is 4.39 Å². The zero-order valence-corrected chi connectivity index (χ0v) is 8.55. The first kappa shape index (κ1) is 9.86. The molecular formula is C11H8FNOS. The van der Waals surface area contributed by atoms with Gasteiger partial charge in [-0.05, 0) is 24.3 Å². The molecular weight excluding hydrogens is 213 g/mol. The minimum Gasteiger partial charge on any atom is -0.454 e. The van der Waals surface area contributed by atoms with Gasteiger partial charge in [0.25, 0.3) is 0 Å². The second-order valence-electron chi connectivity index (χ2n) is 3.04. The minimum atomic E-state index is -0.305. The van der Waals surface area contributed by atoms with E-state index in [1.54, 1.807) is 24.3 Å². The number of hydrogen-bond donors (Lipinski definition) is 1. The summed E-state index contributed by atoms with van der Waals surface area (Å²) in [6.07, 6.45) is 0. The summed E-state index contributed by atoms with van der Waals surface area (Å²) in [5.74, 6) is 0.683. The molecule has 4 heteroatoms. The topological polar surface area (TPSA) is 39.2 Å². The van der Waals surface area contributed by atoms with E-state index in [2.05, 4.69) is 0 Å². The largest absolute Gasteiger partial charge is 0.454 e. The monoisotopic (exact) mass is 221 g/mol. The van der Waals surface area contributed by atoms with Crippen molar-refractivity contribution in [3.63, 3.8) is 0 Å². The van der Waals surface area contributed by atoms with Gasteiger partial charge in [-0.15, -0.1) is 0 Å². The molecule has 0 aliphatic heterocycles. The van der Waals surface area contributed by atoms with Crippen LogP contribution in [0.2, 0.25) is 0 Å². The first-order chi connectivity index (χ1) is 7.16. The van der Waals surface area contributed by atoms with Crippen LogP contribution >= 0.6 is 12.2 Å². The molecule has 0 aliphatic rings. The molecule has 0 bridgehead atoms. The number of furan rings is 1. The molecule has 0 amide bonds. The fourth-order valence-electron chi connectivity index (χ4n) is 1.27. The molecule has 2 rings (SSSR count). The predicted molar refractivity (Wildman–Crippen MR) is 60.0 cm³/mol. The summed E-state index contributed by atoms with van der Waals surface area (Å²) in [6.45, 7) is 0. The lowest BCUT2D eigenvalue weighted by Crippen LogP contribution is -2.07. The van der Waals surface area contributed by atoms with E-state index >= 15 is 0 Å². The van der Waals surface area contributed by atoms with Crippen LogP contribution in [0.1, 0.15) is 5.76 Å². The van der Waals surface area contributed by atoms with Crippen molar-refractivity contribution in [1.29, 1.82) is 0 Å². The van der Waals surface area contributed by atoms with E-state index in [0.29, 0.717) is 17.1 Å². The van der Waals surface area contributed by atoms with Gasteiger partial charge in [0.1, 0.15) is 16.6 Å². The highest BCUT2D eigenvalue weighted by Gasteiger charge is 2.06. The first-order valence-electron chi connectivity index (χ1n) is 4.32. The molecule has 0 aliphatic carbocycles. The van der Waals surface area contributed by atoms with Crippen molar-refractivity contribution in [2.24, 2.45) is 5.73 Å². The van der Waals surface area contributed by atoms with E-state index in [-0.39, 0.29) is 10.8 Å². The van der Waals surface area contributed by atoms with E-state index in [4.69, 9.17) is 22.4 Å². The molecule has 76 valence electrons. The third-order valence-corrected chi connectivity index (χ3v) is 2.16. The lowest BCUT2D eigenvalue weighted by molar-refractivity contribution is 0.571. The molecule has 0 radical (unpaired) electrons. The second kappa shape index (κ2) is 3.82. The van der Waals surface area contributed by atoms with Gasteiger partial charge in [-0.25, -0.2) is 4.39 Å². The normalized spacial score (nSPS) is 10.2. The Labute approximate surface area is 91.5 Å². The molecule has 2 N–H and O–H groups in total. The summed E-state index contributed by atoms with van der Waals surface area (Å²) in [7, 11) is 0. The fraction of sp³-hybridized carbons (Fsp3) is 0. The van der Waals surface area contributed by atoms with E-state index < -0.39 is 0 Å². The summed E-state index contributed by atoms with van der Waals surface area (Å²) in [6, 6.07) is 9.52. The fourth-order valence-corrected chi connectivity index (χ4v) is 1.38. The van der Waals surface area contributed by atoms with Gasteiger partial charge in [0.2, 0.25) is 0 Å². The van der Waals surface area contributed by atoms with Crippen molar-refractivity contribution < 1.29 is 8.81 Å². The number of benzene rings is 1. The molecule has 0 unspecified atom stereocenters. The van der Waals surface area contributed by atoms with Crippen molar-refractivity contribution in [2.45, 2.75) is 0 Å². The number of halogens is 1. The summed E-state index contributed by atoms with van der Waals surface area (Å²) < 4.78 is 18.3. The predicted octanol–water partition coefficient (Wildman–Crippen LogP) is 2.72. The van der Waals surface area contributed by atoms with Crippen molar-refractivity contribution in [2.75, 3.05) is 0 Å². The summed E-state index contributed by atoms with van der Waals surface area (Å²) in [5.41, 5.74) is 6.06. The molecule has 0 atom stereocenters. The molecule has 0 fully saturated rings. The Morgan fingerprint density at radius 3 is 2.67 bits per heavy atom. The average Bonchev–Trinajstić information content (AvgIpc) is 2.66. The highest BCUT2D eigenvalue weighted by Crippen LogP contribution is 2.22. The van der Waals surface area contributed by atoms with Crippen LogP contribution in [-0.2, 0) is 0 Å². The zero-order valence-electron chi connectivity index (χ0n) is 7.74. The molecule has 2 aromatic rings. The molecule has 1 aromatic heterocycles. The third-order valence-electron chi connectivity index (χ3n) is 1.96. The standard InChI is InChI=1S/C11H8FNOS/c12-8-3-1-2-7(6-8)9-4-5-10(14-9)11(13)15/h1-6H,(H2,13,15). The smallest absolute Gasteiger partial charge is 0.161 e. The van der Waals surface area contributed by atoms with Gasteiger partial charge in [-0.3, -0.25) is 0 Å². The number of thiocarbonyl (C=S) groups is 1. The van der Waals surface area contributed by atoms with Gasteiger partial charge in [0, 0.05) is 5.56 Å². The van der Waals surface area contributed by atoms with Crippen LogP contribution in [0.3, 0.4) is 0 Å². The van der Waals surface area contributed by atoms with Crippen molar-refractivity contribution >= 4 is 17.2 Å². The van der Waals surface area contributed by atoms with E-state index in [1.807, 2.05) is 0 Å². The van der Waals surface area contributed by atoms with Crippen molar-refractivity contribution in [3.05, 3.63) is 48.0 Å². The maximum Gasteiger partial charge on any atom is 0.161 e. The maximum atomic E-state index is 12.9. The Morgan fingerprint density at radius 1 is 1.27 bits per heavy atom. The Hall–Kier alpha value is -1.68. The van der Waals surface area contributed by atoms with Gasteiger partial charge in [0.05, 0.1) is 0 Å². The van der Waals surface area contributed by atoms with E-state index in [9.17, 15) is 4.39 Å². The van der Waals surface area contributed by atoms with Gasteiger partial charge in [-0.2, -0.15) is 0 Å². The van der Waals surface area contributed by atoms with Crippen LogP contribution in [0.15, 0.2) is 40.8 Å². The summed E-state index contributed by atoms with van der Waals surface area (Å²) in [4.78, 5) is 0.192. The van der Waals surface area contributed by atoms with Crippen molar-refractivity contribution in [3.8, 4) is 11.3 Å². The Kier molecular flexibility index (Phi) is 2.51. The van der Waals surface area contributed by atoms with Crippen LogP contribution in [-0.4, -0.2) is 4.99 Å². The highest BCUT2D eigenvalue weighted by atomic mass is 32.1. The van der Waals surface area contributed by atoms with Crippen LogP contribution in [0.25, 0.3) is 11.3 Å².